The molecule has 0 spiro atoms. The van der Waals surface area contributed by atoms with Gasteiger partial charge in [-0.1, -0.05) is 18.2 Å². The smallest absolute Gasteiger partial charge is 0.207 e. The second-order valence-electron chi connectivity index (χ2n) is 3.12. The molecule has 0 saturated heterocycles. The van der Waals surface area contributed by atoms with Crippen molar-refractivity contribution in [2.45, 2.75) is 11.3 Å². The fraction of sp³-hybridized carbons (Fsp3) is 0.182. The van der Waals surface area contributed by atoms with Gasteiger partial charge in [-0.05, 0) is 17.7 Å². The molecule has 0 aliphatic rings. The molecule has 84 valence electrons. The Bertz CT molecular complexity index is 498. The topological polar surface area (TPSA) is 70.0 Å². The summed E-state index contributed by atoms with van der Waals surface area (Å²) in [4.78, 5) is 0.191. The van der Waals surface area contributed by atoms with E-state index in [4.69, 9.17) is 5.26 Å². The van der Waals surface area contributed by atoms with Crippen LogP contribution in [0.5, 0.6) is 0 Å². The highest BCUT2D eigenvalue weighted by atomic mass is 32.2. The van der Waals surface area contributed by atoms with E-state index in [1.54, 1.807) is 12.1 Å². The first-order valence-electron chi connectivity index (χ1n) is 4.66. The molecule has 0 aromatic heterocycles. The van der Waals surface area contributed by atoms with Crippen molar-refractivity contribution in [3.05, 3.63) is 42.5 Å². The molecule has 0 fully saturated rings. The Morgan fingerprint density at radius 1 is 1.38 bits per heavy atom. The van der Waals surface area contributed by atoms with Crippen molar-refractivity contribution >= 4 is 10.0 Å². The molecule has 1 aromatic carbocycles. The van der Waals surface area contributed by atoms with Gasteiger partial charge < -0.3 is 0 Å². The molecule has 1 rings (SSSR count). The van der Waals surface area contributed by atoms with Crippen LogP contribution < -0.4 is 4.72 Å². The summed E-state index contributed by atoms with van der Waals surface area (Å²) < 4.78 is 25.6. The van der Waals surface area contributed by atoms with Gasteiger partial charge in [0.2, 0.25) is 10.0 Å². The predicted octanol–water partition coefficient (Wildman–Crippen LogP) is 1.22. The number of benzene rings is 1. The highest BCUT2D eigenvalue weighted by Crippen LogP contribution is 2.10. The molecule has 0 amide bonds. The van der Waals surface area contributed by atoms with Crippen LogP contribution >= 0.6 is 0 Å². The predicted molar refractivity (Wildman–Crippen MR) is 61.1 cm³/mol. The zero-order valence-electron chi connectivity index (χ0n) is 8.68. The average molecular weight is 236 g/mol. The summed E-state index contributed by atoms with van der Waals surface area (Å²) in [6, 6.07) is 8.23. The van der Waals surface area contributed by atoms with Gasteiger partial charge in [-0.15, -0.1) is 6.58 Å². The Morgan fingerprint density at radius 3 is 2.50 bits per heavy atom. The lowest BCUT2D eigenvalue weighted by Crippen LogP contribution is -2.23. The van der Waals surface area contributed by atoms with E-state index in [0.717, 1.165) is 5.56 Å². The SMILES string of the molecule is C=CCNS(=O)(=O)c1ccc(CC#N)cc1. The molecule has 4 nitrogen and oxygen atoms in total. The van der Waals surface area contributed by atoms with Gasteiger partial charge in [-0.2, -0.15) is 5.26 Å². The van der Waals surface area contributed by atoms with Crippen molar-refractivity contribution in [1.29, 1.82) is 5.26 Å². The lowest BCUT2D eigenvalue weighted by molar-refractivity contribution is 0.585. The summed E-state index contributed by atoms with van der Waals surface area (Å²) in [6.45, 7) is 3.63. The highest BCUT2D eigenvalue weighted by molar-refractivity contribution is 7.89. The summed E-state index contributed by atoms with van der Waals surface area (Å²) >= 11 is 0. The van der Waals surface area contributed by atoms with E-state index in [1.165, 1.54) is 18.2 Å². The molecule has 0 bridgehead atoms. The van der Waals surface area contributed by atoms with Crippen molar-refractivity contribution in [3.8, 4) is 6.07 Å². The van der Waals surface area contributed by atoms with Gasteiger partial charge in [0.1, 0.15) is 0 Å². The second-order valence-corrected chi connectivity index (χ2v) is 4.89. The van der Waals surface area contributed by atoms with E-state index in [2.05, 4.69) is 11.3 Å². The molecule has 0 radical (unpaired) electrons. The number of nitrogens with zero attached hydrogens (tertiary/aromatic N) is 1. The van der Waals surface area contributed by atoms with Crippen LogP contribution in [0.4, 0.5) is 0 Å². The lowest BCUT2D eigenvalue weighted by atomic mass is 10.2. The first kappa shape index (κ1) is 12.4. The molecule has 16 heavy (non-hydrogen) atoms. The Labute approximate surface area is 95.3 Å². The molecule has 0 aliphatic heterocycles. The van der Waals surface area contributed by atoms with E-state index in [-0.39, 0.29) is 17.9 Å². The van der Waals surface area contributed by atoms with E-state index in [1.807, 2.05) is 6.07 Å². The van der Waals surface area contributed by atoms with Gasteiger partial charge >= 0.3 is 0 Å². The number of hydrogen-bond donors (Lipinski definition) is 1. The van der Waals surface area contributed by atoms with Crippen LogP contribution in [0.1, 0.15) is 5.56 Å². The molecule has 5 heteroatoms. The molecule has 0 unspecified atom stereocenters. The first-order chi connectivity index (χ1) is 7.60. The minimum absolute atomic E-state index is 0.191. The van der Waals surface area contributed by atoms with Crippen LogP contribution in [-0.4, -0.2) is 15.0 Å². The van der Waals surface area contributed by atoms with Gasteiger partial charge in [0.25, 0.3) is 0 Å². The Morgan fingerprint density at radius 2 is 2.00 bits per heavy atom. The monoisotopic (exact) mass is 236 g/mol. The number of nitriles is 1. The highest BCUT2D eigenvalue weighted by Gasteiger charge is 2.11. The first-order valence-corrected chi connectivity index (χ1v) is 6.15. The summed E-state index contributed by atoms with van der Waals surface area (Å²) in [7, 11) is -3.46. The van der Waals surface area contributed by atoms with Crippen molar-refractivity contribution in [3.63, 3.8) is 0 Å². The average Bonchev–Trinajstić information content (AvgIpc) is 2.28. The van der Waals surface area contributed by atoms with Gasteiger partial charge in [0.15, 0.2) is 0 Å². The maximum Gasteiger partial charge on any atom is 0.240 e. The van der Waals surface area contributed by atoms with E-state index >= 15 is 0 Å². The molecule has 0 aliphatic carbocycles. The molecular formula is C11H12N2O2S. The lowest BCUT2D eigenvalue weighted by Gasteiger charge is -2.04. The molecule has 0 saturated carbocycles. The van der Waals surface area contributed by atoms with Gasteiger partial charge in [-0.25, -0.2) is 13.1 Å². The third-order valence-electron chi connectivity index (χ3n) is 1.93. The Kier molecular flexibility index (Phi) is 4.23. The quantitative estimate of drug-likeness (QED) is 0.781. The molecule has 0 atom stereocenters. The van der Waals surface area contributed by atoms with Crippen LogP contribution in [0.15, 0.2) is 41.8 Å². The van der Waals surface area contributed by atoms with Gasteiger partial charge in [0.05, 0.1) is 17.4 Å². The zero-order chi connectivity index (χ0) is 12.0. The minimum Gasteiger partial charge on any atom is -0.207 e. The molecule has 0 heterocycles. The number of hydrogen-bond acceptors (Lipinski definition) is 3. The van der Waals surface area contributed by atoms with Crippen LogP contribution in [-0.2, 0) is 16.4 Å². The van der Waals surface area contributed by atoms with E-state index < -0.39 is 10.0 Å². The van der Waals surface area contributed by atoms with Crippen molar-refractivity contribution in [2.75, 3.05) is 6.54 Å². The van der Waals surface area contributed by atoms with Crippen molar-refractivity contribution in [1.82, 2.24) is 4.72 Å². The van der Waals surface area contributed by atoms with Crippen LogP contribution in [0.2, 0.25) is 0 Å². The maximum atomic E-state index is 11.6. The van der Waals surface area contributed by atoms with Gasteiger partial charge in [0, 0.05) is 6.54 Å². The van der Waals surface area contributed by atoms with Gasteiger partial charge in [-0.3, -0.25) is 0 Å². The third kappa shape index (κ3) is 3.19. The summed E-state index contributed by atoms with van der Waals surface area (Å²) in [6.07, 6.45) is 1.75. The maximum absolute atomic E-state index is 11.6. The molecular weight excluding hydrogens is 224 g/mol. The number of rotatable bonds is 5. The van der Waals surface area contributed by atoms with E-state index in [0.29, 0.717) is 0 Å². The third-order valence-corrected chi connectivity index (χ3v) is 3.37. The van der Waals surface area contributed by atoms with Crippen molar-refractivity contribution < 1.29 is 8.42 Å². The minimum atomic E-state index is -3.46. The van der Waals surface area contributed by atoms with Crippen LogP contribution in [0.25, 0.3) is 0 Å². The standard InChI is InChI=1S/C11H12N2O2S/c1-2-9-13-16(14,15)11-5-3-10(4-6-11)7-8-12/h2-6,13H,1,7,9H2. The number of nitrogens with one attached hydrogen (secondary N) is 1. The van der Waals surface area contributed by atoms with Crippen LogP contribution in [0, 0.1) is 11.3 Å². The Hall–Kier alpha value is -1.64. The zero-order valence-corrected chi connectivity index (χ0v) is 9.50. The summed E-state index contributed by atoms with van der Waals surface area (Å²) in [5.74, 6) is 0. The Balaban J connectivity index is 2.89. The van der Waals surface area contributed by atoms with Crippen molar-refractivity contribution in [2.24, 2.45) is 0 Å². The molecule has 1 aromatic rings. The fourth-order valence-electron chi connectivity index (χ4n) is 1.13. The number of sulfonamides is 1. The largest absolute Gasteiger partial charge is 0.240 e. The summed E-state index contributed by atoms with van der Waals surface area (Å²) in [5.41, 5.74) is 0.796. The van der Waals surface area contributed by atoms with Crippen LogP contribution in [0.3, 0.4) is 0 Å². The van der Waals surface area contributed by atoms with E-state index in [9.17, 15) is 8.42 Å². The normalized spacial score (nSPS) is 10.7. The molecule has 1 N–H and O–H groups in total. The second kappa shape index (κ2) is 5.45. The fourth-order valence-corrected chi connectivity index (χ4v) is 2.13. The summed E-state index contributed by atoms with van der Waals surface area (Å²) in [5, 5.41) is 8.47.